The van der Waals surface area contributed by atoms with Crippen molar-refractivity contribution >= 4 is 23.3 Å². The molecule has 3 aromatic carbocycles. The number of anilines is 1. The van der Waals surface area contributed by atoms with E-state index in [9.17, 15) is 19.7 Å². The van der Waals surface area contributed by atoms with Gasteiger partial charge in [0.15, 0.2) is 0 Å². The van der Waals surface area contributed by atoms with Gasteiger partial charge in [-0.15, -0.1) is 0 Å². The second kappa shape index (κ2) is 8.87. The lowest BCUT2D eigenvalue weighted by atomic mass is 10.1. The lowest BCUT2D eigenvalue weighted by Gasteiger charge is -2.11. The smallest absolute Gasteiger partial charge is 0.341 e. The number of aryl methyl sites for hydroxylation is 1. The molecule has 0 aliphatic rings. The van der Waals surface area contributed by atoms with Crippen molar-refractivity contribution < 1.29 is 24.0 Å². The van der Waals surface area contributed by atoms with Crippen LogP contribution in [0.25, 0.3) is 0 Å². The third-order valence-corrected chi connectivity index (χ3v) is 4.20. The topological polar surface area (TPSA) is 108 Å². The molecule has 3 rings (SSSR count). The molecular formula is C22H18N2O6. The van der Waals surface area contributed by atoms with E-state index in [-0.39, 0.29) is 22.9 Å². The van der Waals surface area contributed by atoms with Gasteiger partial charge < -0.3 is 14.8 Å². The Labute approximate surface area is 172 Å². The first-order chi connectivity index (χ1) is 14.4. The average Bonchev–Trinajstić information content (AvgIpc) is 2.74. The minimum atomic E-state index is -0.754. The van der Waals surface area contributed by atoms with E-state index in [1.54, 1.807) is 36.4 Å². The van der Waals surface area contributed by atoms with Crippen molar-refractivity contribution in [3.63, 3.8) is 0 Å². The highest BCUT2D eigenvalue weighted by Crippen LogP contribution is 2.30. The summed E-state index contributed by atoms with van der Waals surface area (Å²) in [6.45, 7) is 1.91. The van der Waals surface area contributed by atoms with Crippen LogP contribution in [0.2, 0.25) is 0 Å². The van der Waals surface area contributed by atoms with E-state index in [0.29, 0.717) is 17.0 Å². The molecule has 8 nitrogen and oxygen atoms in total. The summed E-state index contributed by atoms with van der Waals surface area (Å²) in [6, 6.07) is 17.4. The number of ether oxygens (including phenoxy) is 2. The van der Waals surface area contributed by atoms with Crippen molar-refractivity contribution in [1.29, 1.82) is 0 Å². The van der Waals surface area contributed by atoms with Gasteiger partial charge in [0.1, 0.15) is 17.1 Å². The summed E-state index contributed by atoms with van der Waals surface area (Å²) >= 11 is 0. The largest absolute Gasteiger partial charge is 0.465 e. The molecule has 0 heterocycles. The summed E-state index contributed by atoms with van der Waals surface area (Å²) in [5.41, 5.74) is 1.77. The zero-order chi connectivity index (χ0) is 21.7. The fourth-order valence-corrected chi connectivity index (χ4v) is 2.71. The van der Waals surface area contributed by atoms with Crippen molar-refractivity contribution in [1.82, 2.24) is 0 Å². The standard InChI is InChI=1S/C22H18N2O6/c1-14-4-3-5-15(12-14)21(25)23-16-6-9-18(10-7-16)30-20-11-8-17(24(27)28)13-19(20)22(26)29-2/h3-13H,1-2H3,(H,23,25). The zero-order valence-electron chi connectivity index (χ0n) is 16.2. The third kappa shape index (κ3) is 4.79. The molecule has 0 fully saturated rings. The van der Waals surface area contributed by atoms with Crippen molar-refractivity contribution in [3.8, 4) is 11.5 Å². The summed E-state index contributed by atoms with van der Waals surface area (Å²) < 4.78 is 10.4. The molecule has 3 aromatic rings. The lowest BCUT2D eigenvalue weighted by molar-refractivity contribution is -0.384. The summed E-state index contributed by atoms with van der Waals surface area (Å²) in [5, 5.41) is 13.8. The summed E-state index contributed by atoms with van der Waals surface area (Å²) in [4.78, 5) is 34.6. The molecule has 0 spiro atoms. The Morgan fingerprint density at radius 1 is 1.00 bits per heavy atom. The van der Waals surface area contributed by atoms with Crippen LogP contribution in [0.1, 0.15) is 26.3 Å². The van der Waals surface area contributed by atoms with E-state index in [1.807, 2.05) is 19.1 Å². The van der Waals surface area contributed by atoms with Crippen LogP contribution < -0.4 is 10.1 Å². The average molecular weight is 406 g/mol. The van der Waals surface area contributed by atoms with E-state index in [4.69, 9.17) is 4.74 Å². The van der Waals surface area contributed by atoms with Gasteiger partial charge in [-0.25, -0.2) is 4.79 Å². The highest BCUT2D eigenvalue weighted by Gasteiger charge is 2.19. The molecule has 152 valence electrons. The number of carbonyl (C=O) groups excluding carboxylic acids is 2. The predicted octanol–water partition coefficient (Wildman–Crippen LogP) is 4.73. The number of nitro groups is 1. The van der Waals surface area contributed by atoms with Crippen LogP contribution in [0.3, 0.4) is 0 Å². The van der Waals surface area contributed by atoms with E-state index in [2.05, 4.69) is 10.1 Å². The molecule has 0 radical (unpaired) electrons. The van der Waals surface area contributed by atoms with E-state index in [1.165, 1.54) is 19.2 Å². The normalized spacial score (nSPS) is 10.2. The molecule has 0 aliphatic carbocycles. The van der Waals surface area contributed by atoms with Crippen molar-refractivity contribution in [2.24, 2.45) is 0 Å². The van der Waals surface area contributed by atoms with Crippen LogP contribution in [0.15, 0.2) is 66.7 Å². The van der Waals surface area contributed by atoms with Gasteiger partial charge in [0.25, 0.3) is 11.6 Å². The number of rotatable bonds is 6. The SMILES string of the molecule is COC(=O)c1cc([N+](=O)[O-])ccc1Oc1ccc(NC(=O)c2cccc(C)c2)cc1. The van der Waals surface area contributed by atoms with Gasteiger partial charge >= 0.3 is 5.97 Å². The quantitative estimate of drug-likeness (QED) is 0.360. The molecule has 1 amide bonds. The molecule has 0 saturated carbocycles. The molecule has 30 heavy (non-hydrogen) atoms. The molecule has 0 aliphatic heterocycles. The maximum Gasteiger partial charge on any atom is 0.341 e. The number of amides is 1. The number of hydrogen-bond acceptors (Lipinski definition) is 6. The molecule has 0 aromatic heterocycles. The number of benzene rings is 3. The molecule has 8 heteroatoms. The van der Waals surface area contributed by atoms with Crippen LogP contribution in [0.5, 0.6) is 11.5 Å². The lowest BCUT2D eigenvalue weighted by Crippen LogP contribution is -2.11. The molecule has 0 bridgehead atoms. The fraction of sp³-hybridized carbons (Fsp3) is 0.0909. The van der Waals surface area contributed by atoms with Crippen LogP contribution >= 0.6 is 0 Å². The van der Waals surface area contributed by atoms with Crippen LogP contribution in [0.4, 0.5) is 11.4 Å². The third-order valence-electron chi connectivity index (χ3n) is 4.20. The van der Waals surface area contributed by atoms with Gasteiger partial charge in [0, 0.05) is 23.4 Å². The van der Waals surface area contributed by atoms with Crippen LogP contribution in [0, 0.1) is 17.0 Å². The van der Waals surface area contributed by atoms with Gasteiger partial charge in [0.2, 0.25) is 0 Å². The van der Waals surface area contributed by atoms with Crippen LogP contribution in [-0.2, 0) is 4.74 Å². The van der Waals surface area contributed by atoms with Crippen molar-refractivity contribution in [3.05, 3.63) is 93.5 Å². The van der Waals surface area contributed by atoms with E-state index in [0.717, 1.165) is 11.6 Å². The van der Waals surface area contributed by atoms with Crippen molar-refractivity contribution in [2.45, 2.75) is 6.92 Å². The molecule has 0 unspecified atom stereocenters. The monoisotopic (exact) mass is 406 g/mol. The number of nitrogens with one attached hydrogen (secondary N) is 1. The molecule has 0 atom stereocenters. The number of nitrogens with zero attached hydrogens (tertiary/aromatic N) is 1. The number of non-ortho nitro benzene ring substituents is 1. The summed E-state index contributed by atoms with van der Waals surface area (Å²) in [7, 11) is 1.18. The number of hydrogen-bond donors (Lipinski definition) is 1. The van der Waals surface area contributed by atoms with E-state index < -0.39 is 10.9 Å². The minimum absolute atomic E-state index is 0.0662. The predicted molar refractivity (Wildman–Crippen MR) is 110 cm³/mol. The Balaban J connectivity index is 1.76. The van der Waals surface area contributed by atoms with Crippen LogP contribution in [-0.4, -0.2) is 23.9 Å². The highest BCUT2D eigenvalue weighted by molar-refractivity contribution is 6.04. The van der Waals surface area contributed by atoms with Gasteiger partial charge in [-0.3, -0.25) is 14.9 Å². The number of nitro benzene ring substituents is 1. The Kier molecular flexibility index (Phi) is 6.07. The molecule has 1 N–H and O–H groups in total. The van der Waals surface area contributed by atoms with Gasteiger partial charge in [-0.2, -0.15) is 0 Å². The number of carbonyl (C=O) groups is 2. The van der Waals surface area contributed by atoms with Gasteiger partial charge in [-0.1, -0.05) is 17.7 Å². The Morgan fingerprint density at radius 3 is 2.37 bits per heavy atom. The summed E-state index contributed by atoms with van der Waals surface area (Å²) in [6.07, 6.45) is 0. The van der Waals surface area contributed by atoms with Gasteiger partial charge in [-0.05, 0) is 49.4 Å². The number of esters is 1. The first kappa shape index (κ1) is 20.5. The molecule has 0 saturated heterocycles. The highest BCUT2D eigenvalue weighted by atomic mass is 16.6. The Morgan fingerprint density at radius 2 is 1.73 bits per heavy atom. The fourth-order valence-electron chi connectivity index (χ4n) is 2.71. The first-order valence-electron chi connectivity index (χ1n) is 8.90. The summed E-state index contributed by atoms with van der Waals surface area (Å²) in [5.74, 6) is -0.502. The maximum absolute atomic E-state index is 12.3. The van der Waals surface area contributed by atoms with E-state index >= 15 is 0 Å². The Hall–Kier alpha value is -4.20. The van der Waals surface area contributed by atoms with Crippen molar-refractivity contribution in [2.75, 3.05) is 12.4 Å². The second-order valence-corrected chi connectivity index (χ2v) is 6.38. The second-order valence-electron chi connectivity index (χ2n) is 6.38. The Bertz CT molecular complexity index is 1110. The number of methoxy groups -OCH3 is 1. The maximum atomic E-state index is 12.3. The first-order valence-corrected chi connectivity index (χ1v) is 8.90. The molecular weight excluding hydrogens is 388 g/mol. The minimum Gasteiger partial charge on any atom is -0.465 e. The van der Waals surface area contributed by atoms with Gasteiger partial charge in [0.05, 0.1) is 12.0 Å². The zero-order valence-corrected chi connectivity index (χ0v) is 16.2.